The normalized spacial score (nSPS) is 13.0. The molecule has 4 rings (SSSR count). The number of para-hydroxylation sites is 2. The van der Waals surface area contributed by atoms with E-state index in [-0.39, 0.29) is 24.0 Å². The number of guanidine groups is 1. The number of halogens is 1. The molecule has 1 aromatic heterocycles. The Morgan fingerprint density at radius 1 is 1.17 bits per heavy atom. The highest BCUT2D eigenvalue weighted by molar-refractivity contribution is 14.0. The van der Waals surface area contributed by atoms with Crippen molar-refractivity contribution in [3.05, 3.63) is 59.4 Å². The zero-order valence-corrected chi connectivity index (χ0v) is 19.3. The fourth-order valence-electron chi connectivity index (χ4n) is 3.71. The zero-order valence-electron chi connectivity index (χ0n) is 16.9. The first-order chi connectivity index (χ1) is 13.7. The molecule has 0 saturated heterocycles. The molecule has 6 nitrogen and oxygen atoms in total. The number of nitrogens with zero attached hydrogens (tertiary/aromatic N) is 3. The quantitative estimate of drug-likeness (QED) is 0.307. The summed E-state index contributed by atoms with van der Waals surface area (Å²) in [6.45, 7) is 5.33. The van der Waals surface area contributed by atoms with Crippen molar-refractivity contribution in [3.63, 3.8) is 0 Å². The van der Waals surface area contributed by atoms with Gasteiger partial charge >= 0.3 is 0 Å². The van der Waals surface area contributed by atoms with Gasteiger partial charge < -0.3 is 19.9 Å². The van der Waals surface area contributed by atoms with E-state index in [1.165, 1.54) is 16.6 Å². The molecule has 2 N–H and O–H groups in total. The summed E-state index contributed by atoms with van der Waals surface area (Å²) in [7, 11) is 1.81. The number of imidazole rings is 1. The van der Waals surface area contributed by atoms with Crippen LogP contribution in [0.1, 0.15) is 17.0 Å². The molecule has 0 amide bonds. The lowest BCUT2D eigenvalue weighted by molar-refractivity contribution is 0.357. The van der Waals surface area contributed by atoms with Crippen molar-refractivity contribution in [2.45, 2.75) is 26.3 Å². The standard InChI is InChI=1S/C22H27N5O.HI/c1-16-26-19-5-3-4-6-20(19)27(16)13-12-25-22(23-2)24-11-9-17-7-8-21-18(15-17)10-14-28-21;/h3-8,15H,9-14H2,1-2H3,(H2,23,24,25);1H. The Kier molecular flexibility index (Phi) is 7.35. The Morgan fingerprint density at radius 3 is 2.86 bits per heavy atom. The zero-order chi connectivity index (χ0) is 19.3. The summed E-state index contributed by atoms with van der Waals surface area (Å²) < 4.78 is 7.81. The molecule has 0 saturated carbocycles. The third-order valence-electron chi connectivity index (χ3n) is 5.16. The Hall–Kier alpha value is -2.29. The van der Waals surface area contributed by atoms with E-state index in [0.29, 0.717) is 0 Å². The summed E-state index contributed by atoms with van der Waals surface area (Å²) >= 11 is 0. The third-order valence-corrected chi connectivity index (χ3v) is 5.16. The lowest BCUT2D eigenvalue weighted by Crippen LogP contribution is -2.39. The van der Waals surface area contributed by atoms with Crippen LogP contribution >= 0.6 is 24.0 Å². The number of aliphatic imine (C=N–C) groups is 1. The van der Waals surface area contributed by atoms with E-state index in [0.717, 1.165) is 62.1 Å². The first kappa shape index (κ1) is 21.4. The molecule has 1 aliphatic rings. The number of fused-ring (bicyclic) bond motifs is 2. The van der Waals surface area contributed by atoms with Crippen molar-refractivity contribution >= 4 is 41.0 Å². The second kappa shape index (κ2) is 9.96. The molecule has 0 spiro atoms. The van der Waals surface area contributed by atoms with Gasteiger partial charge in [-0.2, -0.15) is 0 Å². The SMILES string of the molecule is CN=C(NCCc1ccc2c(c1)CCO2)NCCn1c(C)nc2ccccc21.I. The molecule has 0 bridgehead atoms. The van der Waals surface area contributed by atoms with Crippen LogP contribution in [0, 0.1) is 6.92 Å². The predicted molar refractivity (Wildman–Crippen MR) is 129 cm³/mol. The number of aromatic nitrogens is 2. The molecule has 7 heteroatoms. The smallest absolute Gasteiger partial charge is 0.191 e. The van der Waals surface area contributed by atoms with E-state index in [1.807, 2.05) is 6.07 Å². The topological polar surface area (TPSA) is 63.5 Å². The fraction of sp³-hybridized carbons (Fsp3) is 0.364. The van der Waals surface area contributed by atoms with Crippen LogP contribution in [-0.4, -0.2) is 42.3 Å². The van der Waals surface area contributed by atoms with Crippen molar-refractivity contribution in [2.24, 2.45) is 4.99 Å². The van der Waals surface area contributed by atoms with Crippen LogP contribution in [0.15, 0.2) is 47.5 Å². The second-order valence-corrected chi connectivity index (χ2v) is 7.02. The number of aryl methyl sites for hydroxylation is 1. The van der Waals surface area contributed by atoms with Gasteiger partial charge in [-0.25, -0.2) is 4.98 Å². The molecule has 1 aliphatic heterocycles. The third kappa shape index (κ3) is 5.01. The van der Waals surface area contributed by atoms with Crippen molar-refractivity contribution < 1.29 is 4.74 Å². The van der Waals surface area contributed by atoms with E-state index in [4.69, 9.17) is 4.74 Å². The first-order valence-corrected chi connectivity index (χ1v) is 9.85. The van der Waals surface area contributed by atoms with Gasteiger partial charge in [0.2, 0.25) is 0 Å². The van der Waals surface area contributed by atoms with Gasteiger partial charge in [-0.15, -0.1) is 24.0 Å². The summed E-state index contributed by atoms with van der Waals surface area (Å²) in [5.41, 5.74) is 4.86. The van der Waals surface area contributed by atoms with Crippen molar-refractivity contribution in [2.75, 3.05) is 26.7 Å². The van der Waals surface area contributed by atoms with Crippen LogP contribution in [0.3, 0.4) is 0 Å². The summed E-state index contributed by atoms with van der Waals surface area (Å²) in [5, 5.41) is 6.80. The summed E-state index contributed by atoms with van der Waals surface area (Å²) in [6.07, 6.45) is 1.97. The van der Waals surface area contributed by atoms with Crippen LogP contribution in [0.5, 0.6) is 5.75 Å². The Bertz CT molecular complexity index is 998. The summed E-state index contributed by atoms with van der Waals surface area (Å²) in [6, 6.07) is 14.7. The highest BCUT2D eigenvalue weighted by Gasteiger charge is 2.12. The van der Waals surface area contributed by atoms with Gasteiger partial charge in [0.1, 0.15) is 11.6 Å². The van der Waals surface area contributed by atoms with E-state index in [9.17, 15) is 0 Å². The van der Waals surface area contributed by atoms with Gasteiger partial charge in [-0.3, -0.25) is 4.99 Å². The van der Waals surface area contributed by atoms with Crippen molar-refractivity contribution in [1.82, 2.24) is 20.2 Å². The molecule has 2 aromatic carbocycles. The van der Waals surface area contributed by atoms with Gasteiger partial charge in [0.25, 0.3) is 0 Å². The predicted octanol–water partition coefficient (Wildman–Crippen LogP) is 3.31. The number of benzene rings is 2. The van der Waals surface area contributed by atoms with E-state index in [2.05, 4.69) is 68.5 Å². The molecule has 2 heterocycles. The number of hydrogen-bond donors (Lipinski definition) is 2. The minimum atomic E-state index is 0. The minimum Gasteiger partial charge on any atom is -0.493 e. The molecular weight excluding hydrogens is 477 g/mol. The molecule has 0 radical (unpaired) electrons. The summed E-state index contributed by atoms with van der Waals surface area (Å²) in [5.74, 6) is 2.90. The maximum atomic E-state index is 5.57. The second-order valence-electron chi connectivity index (χ2n) is 7.02. The molecule has 0 atom stereocenters. The van der Waals surface area contributed by atoms with E-state index >= 15 is 0 Å². The van der Waals surface area contributed by atoms with Crippen molar-refractivity contribution in [3.8, 4) is 5.75 Å². The number of hydrogen-bond acceptors (Lipinski definition) is 3. The number of rotatable bonds is 6. The van der Waals surface area contributed by atoms with Gasteiger partial charge in [-0.1, -0.05) is 24.3 Å². The molecule has 3 aromatic rings. The Morgan fingerprint density at radius 2 is 2.00 bits per heavy atom. The molecule has 154 valence electrons. The monoisotopic (exact) mass is 505 g/mol. The molecule has 0 aliphatic carbocycles. The fourth-order valence-corrected chi connectivity index (χ4v) is 3.71. The van der Waals surface area contributed by atoms with Crippen LogP contribution in [0.4, 0.5) is 0 Å². The largest absolute Gasteiger partial charge is 0.493 e. The Labute approximate surface area is 188 Å². The summed E-state index contributed by atoms with van der Waals surface area (Å²) in [4.78, 5) is 8.95. The van der Waals surface area contributed by atoms with Crippen molar-refractivity contribution in [1.29, 1.82) is 0 Å². The highest BCUT2D eigenvalue weighted by atomic mass is 127. The molecular formula is C22H28IN5O. The first-order valence-electron chi connectivity index (χ1n) is 9.85. The number of ether oxygens (including phenoxy) is 1. The maximum absolute atomic E-state index is 5.57. The number of nitrogens with one attached hydrogen (secondary N) is 2. The molecule has 29 heavy (non-hydrogen) atoms. The van der Waals surface area contributed by atoms with E-state index in [1.54, 1.807) is 7.05 Å². The molecule has 0 fully saturated rings. The van der Waals surface area contributed by atoms with Gasteiger partial charge in [-0.05, 0) is 42.7 Å². The van der Waals surface area contributed by atoms with Gasteiger partial charge in [0.15, 0.2) is 5.96 Å². The lowest BCUT2D eigenvalue weighted by atomic mass is 10.1. The minimum absolute atomic E-state index is 0. The average Bonchev–Trinajstić information content (AvgIpc) is 3.30. The van der Waals surface area contributed by atoms with Crippen LogP contribution < -0.4 is 15.4 Å². The van der Waals surface area contributed by atoms with Crippen LogP contribution in [-0.2, 0) is 19.4 Å². The lowest BCUT2D eigenvalue weighted by Gasteiger charge is -2.13. The Balaban J connectivity index is 0.00000240. The van der Waals surface area contributed by atoms with Crippen LogP contribution in [0.25, 0.3) is 11.0 Å². The van der Waals surface area contributed by atoms with Gasteiger partial charge in [0.05, 0.1) is 17.6 Å². The van der Waals surface area contributed by atoms with E-state index < -0.39 is 0 Å². The maximum Gasteiger partial charge on any atom is 0.191 e. The highest BCUT2D eigenvalue weighted by Crippen LogP contribution is 2.25. The van der Waals surface area contributed by atoms with Crippen LogP contribution in [0.2, 0.25) is 0 Å². The average molecular weight is 505 g/mol. The van der Waals surface area contributed by atoms with Gasteiger partial charge in [0, 0.05) is 33.1 Å². The molecule has 0 unspecified atom stereocenters.